The summed E-state index contributed by atoms with van der Waals surface area (Å²) in [5.41, 5.74) is 0.786. The molecular formula is C17H12F3N3O2. The van der Waals surface area contributed by atoms with E-state index in [-0.39, 0.29) is 24.1 Å². The maximum absolute atomic E-state index is 13.5. The molecule has 2 aliphatic rings. The molecule has 3 heterocycles. The van der Waals surface area contributed by atoms with Crippen LogP contribution < -0.4 is 9.47 Å². The number of fused-ring (bicyclic) bond motifs is 2. The maximum Gasteiger partial charge on any atom is 0.433 e. The summed E-state index contributed by atoms with van der Waals surface area (Å²) in [6.45, 7) is 0.104. The molecule has 0 bridgehead atoms. The van der Waals surface area contributed by atoms with E-state index in [1.807, 2.05) is 0 Å². The number of aromatic nitrogens is 3. The molecular weight excluding hydrogens is 335 g/mol. The van der Waals surface area contributed by atoms with Crippen molar-refractivity contribution in [3.8, 4) is 22.8 Å². The summed E-state index contributed by atoms with van der Waals surface area (Å²) in [4.78, 5) is 4.38. The third-order valence-corrected chi connectivity index (χ3v) is 4.40. The molecule has 0 radical (unpaired) electrons. The first kappa shape index (κ1) is 14.6. The standard InChI is InChI=1S/C17H12F3N3O2/c18-17(19,20)15-6-11(10-3-4-13-14(5-10)25-8-24-13)21-16-7-12(9-1-2-9)22-23(15)16/h3-7,9H,1-2,8H2. The zero-order valence-corrected chi connectivity index (χ0v) is 12.9. The van der Waals surface area contributed by atoms with Crippen LogP contribution in [0.4, 0.5) is 13.2 Å². The largest absolute Gasteiger partial charge is 0.454 e. The Morgan fingerprint density at radius 2 is 1.84 bits per heavy atom. The fraction of sp³-hybridized carbons (Fsp3) is 0.294. The maximum atomic E-state index is 13.5. The van der Waals surface area contributed by atoms with Crippen LogP contribution in [0.3, 0.4) is 0 Å². The minimum absolute atomic E-state index is 0.104. The van der Waals surface area contributed by atoms with Crippen molar-refractivity contribution in [3.05, 3.63) is 41.7 Å². The molecule has 0 N–H and O–H groups in total. The first-order valence-corrected chi connectivity index (χ1v) is 7.87. The van der Waals surface area contributed by atoms with E-state index in [4.69, 9.17) is 9.47 Å². The average molecular weight is 347 g/mol. The summed E-state index contributed by atoms with van der Waals surface area (Å²) in [7, 11) is 0. The number of rotatable bonds is 2. The number of hydrogen-bond acceptors (Lipinski definition) is 4. The summed E-state index contributed by atoms with van der Waals surface area (Å²) in [6, 6.07) is 7.64. The van der Waals surface area contributed by atoms with Crippen molar-refractivity contribution >= 4 is 5.65 Å². The smallest absolute Gasteiger partial charge is 0.433 e. The van der Waals surface area contributed by atoms with Crippen LogP contribution in [0.1, 0.15) is 30.1 Å². The Morgan fingerprint density at radius 1 is 1.04 bits per heavy atom. The third kappa shape index (κ3) is 2.40. The van der Waals surface area contributed by atoms with Crippen LogP contribution in [0.5, 0.6) is 11.5 Å². The van der Waals surface area contributed by atoms with Gasteiger partial charge in [-0.3, -0.25) is 0 Å². The van der Waals surface area contributed by atoms with Gasteiger partial charge < -0.3 is 9.47 Å². The van der Waals surface area contributed by atoms with E-state index < -0.39 is 11.9 Å². The molecule has 1 aliphatic heterocycles. The van der Waals surface area contributed by atoms with E-state index in [0.29, 0.717) is 22.8 Å². The minimum atomic E-state index is -4.53. The molecule has 3 aromatic rings. The van der Waals surface area contributed by atoms with Crippen molar-refractivity contribution in [3.63, 3.8) is 0 Å². The third-order valence-electron chi connectivity index (χ3n) is 4.40. The SMILES string of the molecule is FC(F)(F)c1cc(-c2ccc3c(c2)OCO3)nc2cc(C3CC3)nn12. The summed E-state index contributed by atoms with van der Waals surface area (Å²) in [5, 5.41) is 4.12. The Bertz CT molecular complexity index is 993. The molecule has 0 spiro atoms. The highest BCUT2D eigenvalue weighted by molar-refractivity contribution is 5.67. The Balaban J connectivity index is 1.70. The van der Waals surface area contributed by atoms with Crippen LogP contribution in [0.15, 0.2) is 30.3 Å². The minimum Gasteiger partial charge on any atom is -0.454 e. The zero-order chi connectivity index (χ0) is 17.2. The second-order valence-corrected chi connectivity index (χ2v) is 6.21. The molecule has 0 atom stereocenters. The van der Waals surface area contributed by atoms with E-state index in [1.54, 1.807) is 24.3 Å². The van der Waals surface area contributed by atoms with Crippen LogP contribution in [-0.4, -0.2) is 21.4 Å². The lowest BCUT2D eigenvalue weighted by Crippen LogP contribution is -2.13. The molecule has 8 heteroatoms. The lowest BCUT2D eigenvalue weighted by molar-refractivity contribution is -0.142. The van der Waals surface area contributed by atoms with Gasteiger partial charge in [0.05, 0.1) is 11.4 Å². The quantitative estimate of drug-likeness (QED) is 0.702. The molecule has 2 aromatic heterocycles. The monoisotopic (exact) mass is 347 g/mol. The predicted molar refractivity (Wildman–Crippen MR) is 81.5 cm³/mol. The van der Waals surface area contributed by atoms with Gasteiger partial charge in [0.2, 0.25) is 6.79 Å². The molecule has 25 heavy (non-hydrogen) atoms. The number of nitrogens with zero attached hydrogens (tertiary/aromatic N) is 3. The number of ether oxygens (including phenoxy) is 2. The Kier molecular flexibility index (Phi) is 2.84. The van der Waals surface area contributed by atoms with Gasteiger partial charge >= 0.3 is 6.18 Å². The summed E-state index contributed by atoms with van der Waals surface area (Å²) in [5.74, 6) is 1.32. The van der Waals surface area contributed by atoms with Crippen molar-refractivity contribution in [1.29, 1.82) is 0 Å². The van der Waals surface area contributed by atoms with Crippen LogP contribution in [0, 0.1) is 0 Å². The van der Waals surface area contributed by atoms with Crippen molar-refractivity contribution in [2.75, 3.05) is 6.79 Å². The van der Waals surface area contributed by atoms with Crippen molar-refractivity contribution in [2.45, 2.75) is 24.9 Å². The van der Waals surface area contributed by atoms with E-state index in [2.05, 4.69) is 10.1 Å². The lowest BCUT2D eigenvalue weighted by Gasteiger charge is -2.11. The summed E-state index contributed by atoms with van der Waals surface area (Å²) in [6.07, 6.45) is -2.61. The van der Waals surface area contributed by atoms with Gasteiger partial charge in [0.25, 0.3) is 0 Å². The molecule has 5 rings (SSSR count). The molecule has 128 valence electrons. The second kappa shape index (κ2) is 4.87. The first-order valence-electron chi connectivity index (χ1n) is 7.87. The number of halogens is 3. The van der Waals surface area contributed by atoms with Crippen molar-refractivity contribution < 1.29 is 22.6 Å². The van der Waals surface area contributed by atoms with Gasteiger partial charge in [-0.25, -0.2) is 9.50 Å². The number of benzene rings is 1. The fourth-order valence-electron chi connectivity index (χ4n) is 2.98. The highest BCUT2D eigenvalue weighted by Crippen LogP contribution is 2.41. The topological polar surface area (TPSA) is 48.7 Å². The van der Waals surface area contributed by atoms with Gasteiger partial charge in [0, 0.05) is 17.5 Å². The van der Waals surface area contributed by atoms with Crippen molar-refractivity contribution in [1.82, 2.24) is 14.6 Å². The average Bonchev–Trinajstić information content (AvgIpc) is 3.16. The number of hydrogen-bond donors (Lipinski definition) is 0. The van der Waals surface area contributed by atoms with Gasteiger partial charge in [0.15, 0.2) is 22.8 Å². The predicted octanol–water partition coefficient (Wildman–Crippen LogP) is 4.02. The van der Waals surface area contributed by atoms with Crippen LogP contribution in [-0.2, 0) is 6.18 Å². The summed E-state index contributed by atoms with van der Waals surface area (Å²) < 4.78 is 52.0. The van der Waals surface area contributed by atoms with Crippen molar-refractivity contribution in [2.24, 2.45) is 0 Å². The first-order chi connectivity index (χ1) is 12.0. The second-order valence-electron chi connectivity index (χ2n) is 6.21. The Labute approximate surface area is 140 Å². The zero-order valence-electron chi connectivity index (χ0n) is 12.9. The van der Waals surface area contributed by atoms with Gasteiger partial charge in [-0.05, 0) is 37.1 Å². The molecule has 1 aromatic carbocycles. The molecule has 1 fully saturated rings. The highest BCUT2D eigenvalue weighted by atomic mass is 19.4. The van der Waals surface area contributed by atoms with Gasteiger partial charge in [0.1, 0.15) is 0 Å². The fourth-order valence-corrected chi connectivity index (χ4v) is 2.98. The Morgan fingerprint density at radius 3 is 2.60 bits per heavy atom. The number of alkyl halides is 3. The molecule has 0 amide bonds. The normalized spacial score (nSPS) is 16.6. The molecule has 0 unspecified atom stereocenters. The van der Waals surface area contributed by atoms with E-state index in [1.165, 1.54) is 0 Å². The van der Waals surface area contributed by atoms with Gasteiger partial charge in [-0.2, -0.15) is 18.3 Å². The van der Waals surface area contributed by atoms with E-state index in [9.17, 15) is 13.2 Å². The van der Waals surface area contributed by atoms with Gasteiger partial charge in [-0.1, -0.05) is 0 Å². The van der Waals surface area contributed by atoms with Crippen LogP contribution >= 0.6 is 0 Å². The van der Waals surface area contributed by atoms with Crippen LogP contribution in [0.25, 0.3) is 16.9 Å². The molecule has 5 nitrogen and oxygen atoms in total. The van der Waals surface area contributed by atoms with Crippen LogP contribution in [0.2, 0.25) is 0 Å². The highest BCUT2D eigenvalue weighted by Gasteiger charge is 2.36. The van der Waals surface area contributed by atoms with Gasteiger partial charge in [-0.15, -0.1) is 0 Å². The van der Waals surface area contributed by atoms with E-state index in [0.717, 1.165) is 23.4 Å². The molecule has 1 aliphatic carbocycles. The summed E-state index contributed by atoms with van der Waals surface area (Å²) >= 11 is 0. The molecule has 1 saturated carbocycles. The Hall–Kier alpha value is -2.77. The van der Waals surface area contributed by atoms with E-state index >= 15 is 0 Å². The molecule has 0 saturated heterocycles. The lowest BCUT2D eigenvalue weighted by atomic mass is 10.1.